The summed E-state index contributed by atoms with van der Waals surface area (Å²) in [7, 11) is 3.44. The third-order valence-corrected chi connectivity index (χ3v) is 7.92. The maximum absolute atomic E-state index is 12.6. The standard InChI is InChI=1S/C27H47N3O4S2/c1-22(28)33-19-12-7-6-11-17-30-25(32)26(2,3)21-34-27(4,5)16-15-24(31)29-18-20-35-36-23-13-9-8-10-14-23/h8-10,13-14,22H,6-7,11-12,15-21,28H2,1-5H3,(H,29,31)(H,30,32). The molecule has 0 aromatic heterocycles. The second kappa shape index (κ2) is 18.1. The molecule has 1 unspecified atom stereocenters. The Morgan fingerprint density at radius 3 is 2.39 bits per heavy atom. The lowest BCUT2D eigenvalue weighted by molar-refractivity contribution is -0.138. The number of unbranched alkanes of at least 4 members (excludes halogenated alkanes) is 3. The number of carbonyl (C=O) groups is 2. The summed E-state index contributed by atoms with van der Waals surface area (Å²) in [5.74, 6) is 0.858. The summed E-state index contributed by atoms with van der Waals surface area (Å²) in [6.07, 6.45) is 4.79. The molecule has 0 saturated carbocycles. The van der Waals surface area contributed by atoms with E-state index in [1.807, 2.05) is 52.8 Å². The van der Waals surface area contributed by atoms with E-state index in [1.54, 1.807) is 21.6 Å². The molecule has 9 heteroatoms. The number of carbonyl (C=O) groups excluding carboxylic acids is 2. The SMILES string of the molecule is CC(N)OCCCCCCNC(=O)C(C)(C)COC(C)(C)CCC(=O)NCCSSc1ccccc1. The molecule has 0 fully saturated rings. The van der Waals surface area contributed by atoms with Crippen LogP contribution in [0, 0.1) is 5.41 Å². The molecular formula is C27H47N3O4S2. The zero-order valence-electron chi connectivity index (χ0n) is 22.8. The highest BCUT2D eigenvalue weighted by Crippen LogP contribution is 2.30. The van der Waals surface area contributed by atoms with Gasteiger partial charge in [0.2, 0.25) is 11.8 Å². The second-order valence-corrected chi connectivity index (χ2v) is 12.7. The van der Waals surface area contributed by atoms with Crippen molar-refractivity contribution in [1.29, 1.82) is 0 Å². The number of hydrogen-bond acceptors (Lipinski definition) is 7. The van der Waals surface area contributed by atoms with Gasteiger partial charge in [0.25, 0.3) is 0 Å². The predicted molar refractivity (Wildman–Crippen MR) is 152 cm³/mol. The molecule has 2 amide bonds. The van der Waals surface area contributed by atoms with E-state index in [4.69, 9.17) is 15.2 Å². The summed E-state index contributed by atoms with van der Waals surface area (Å²) in [4.78, 5) is 26.1. The molecule has 0 bridgehead atoms. The van der Waals surface area contributed by atoms with Gasteiger partial charge in [-0.2, -0.15) is 0 Å². The Morgan fingerprint density at radius 1 is 1.00 bits per heavy atom. The second-order valence-electron chi connectivity index (χ2n) is 10.2. The first-order chi connectivity index (χ1) is 17.0. The quantitative estimate of drug-likeness (QED) is 0.119. The van der Waals surface area contributed by atoms with Gasteiger partial charge >= 0.3 is 0 Å². The lowest BCUT2D eigenvalue weighted by atomic mass is 9.92. The molecule has 1 rings (SSSR count). The summed E-state index contributed by atoms with van der Waals surface area (Å²) < 4.78 is 11.4. The minimum Gasteiger partial charge on any atom is -0.374 e. The minimum atomic E-state index is -0.641. The van der Waals surface area contributed by atoms with Crippen molar-refractivity contribution in [2.75, 3.05) is 32.1 Å². The highest BCUT2D eigenvalue weighted by atomic mass is 33.1. The number of ether oxygens (including phenoxy) is 2. The fourth-order valence-corrected chi connectivity index (χ4v) is 5.04. The Bertz CT molecular complexity index is 746. The van der Waals surface area contributed by atoms with Crippen molar-refractivity contribution < 1.29 is 19.1 Å². The van der Waals surface area contributed by atoms with E-state index in [-0.39, 0.29) is 18.0 Å². The smallest absolute Gasteiger partial charge is 0.227 e. The van der Waals surface area contributed by atoms with Crippen molar-refractivity contribution in [2.24, 2.45) is 11.1 Å². The van der Waals surface area contributed by atoms with Gasteiger partial charge in [0, 0.05) is 36.8 Å². The Balaban J connectivity index is 2.15. The number of benzene rings is 1. The van der Waals surface area contributed by atoms with Crippen LogP contribution >= 0.6 is 21.6 Å². The van der Waals surface area contributed by atoms with Gasteiger partial charge in [0.15, 0.2) is 0 Å². The highest BCUT2D eigenvalue weighted by Gasteiger charge is 2.31. The first-order valence-corrected chi connectivity index (χ1v) is 15.2. The van der Waals surface area contributed by atoms with Crippen LogP contribution in [0.25, 0.3) is 0 Å². The Hall–Kier alpha value is -1.26. The van der Waals surface area contributed by atoms with Gasteiger partial charge < -0.3 is 25.8 Å². The molecule has 1 atom stereocenters. The molecule has 1 aromatic carbocycles. The summed E-state index contributed by atoms with van der Waals surface area (Å²) in [5, 5.41) is 6.00. The summed E-state index contributed by atoms with van der Waals surface area (Å²) in [6.45, 7) is 11.8. The van der Waals surface area contributed by atoms with Crippen molar-refractivity contribution in [1.82, 2.24) is 10.6 Å². The van der Waals surface area contributed by atoms with Gasteiger partial charge in [-0.1, -0.05) is 52.6 Å². The van der Waals surface area contributed by atoms with Crippen LogP contribution in [-0.4, -0.2) is 55.7 Å². The van der Waals surface area contributed by atoms with Gasteiger partial charge in [0.05, 0.1) is 17.6 Å². The topological polar surface area (TPSA) is 103 Å². The molecule has 0 spiro atoms. The minimum absolute atomic E-state index is 0.0118. The molecule has 0 aliphatic rings. The van der Waals surface area contributed by atoms with Gasteiger partial charge in [-0.05, 0) is 66.0 Å². The van der Waals surface area contributed by atoms with Crippen LogP contribution in [0.3, 0.4) is 0 Å². The molecule has 0 radical (unpaired) electrons. The Morgan fingerprint density at radius 2 is 1.69 bits per heavy atom. The van der Waals surface area contributed by atoms with Crippen molar-refractivity contribution in [3.8, 4) is 0 Å². The Kier molecular flexibility index (Phi) is 16.4. The highest BCUT2D eigenvalue weighted by molar-refractivity contribution is 8.76. The number of amides is 2. The zero-order chi connectivity index (χ0) is 26.9. The van der Waals surface area contributed by atoms with Crippen molar-refractivity contribution >= 4 is 33.4 Å². The lowest BCUT2D eigenvalue weighted by Crippen LogP contribution is -2.42. The molecular weight excluding hydrogens is 494 g/mol. The van der Waals surface area contributed by atoms with Crippen molar-refractivity contribution in [3.05, 3.63) is 30.3 Å². The molecule has 4 N–H and O–H groups in total. The van der Waals surface area contributed by atoms with Crippen molar-refractivity contribution in [2.45, 2.75) is 89.9 Å². The first kappa shape index (κ1) is 32.8. The lowest BCUT2D eigenvalue weighted by Gasteiger charge is -2.31. The monoisotopic (exact) mass is 541 g/mol. The average Bonchev–Trinajstić information content (AvgIpc) is 2.83. The molecule has 7 nitrogen and oxygen atoms in total. The third-order valence-electron chi connectivity index (χ3n) is 5.54. The van der Waals surface area contributed by atoms with E-state index in [0.717, 1.165) is 31.4 Å². The first-order valence-electron chi connectivity index (χ1n) is 12.9. The van der Waals surface area contributed by atoms with E-state index < -0.39 is 11.0 Å². The summed E-state index contributed by atoms with van der Waals surface area (Å²) in [6, 6.07) is 10.2. The van der Waals surface area contributed by atoms with E-state index in [1.165, 1.54) is 4.90 Å². The molecule has 0 heterocycles. The number of nitrogens with two attached hydrogens (primary N) is 1. The van der Waals surface area contributed by atoms with E-state index in [0.29, 0.717) is 39.1 Å². The van der Waals surface area contributed by atoms with Crippen LogP contribution in [0.2, 0.25) is 0 Å². The van der Waals surface area contributed by atoms with Crippen LogP contribution < -0.4 is 16.4 Å². The third kappa shape index (κ3) is 16.5. The maximum atomic E-state index is 12.6. The van der Waals surface area contributed by atoms with Crippen LogP contribution in [0.1, 0.15) is 73.1 Å². The molecule has 0 aliphatic heterocycles. The van der Waals surface area contributed by atoms with Crippen LogP contribution in [0.5, 0.6) is 0 Å². The van der Waals surface area contributed by atoms with Gasteiger partial charge in [0.1, 0.15) is 6.23 Å². The van der Waals surface area contributed by atoms with Crippen molar-refractivity contribution in [3.63, 3.8) is 0 Å². The van der Waals surface area contributed by atoms with E-state index >= 15 is 0 Å². The van der Waals surface area contributed by atoms with Crippen LogP contribution in [0.15, 0.2) is 35.2 Å². The maximum Gasteiger partial charge on any atom is 0.227 e. The summed E-state index contributed by atoms with van der Waals surface area (Å²) in [5.41, 5.74) is 4.42. The fourth-order valence-electron chi connectivity index (χ4n) is 3.13. The molecule has 0 saturated heterocycles. The molecule has 0 aliphatic carbocycles. The summed E-state index contributed by atoms with van der Waals surface area (Å²) >= 11 is 0. The number of rotatable bonds is 20. The largest absolute Gasteiger partial charge is 0.374 e. The predicted octanol–water partition coefficient (Wildman–Crippen LogP) is 5.14. The van der Waals surface area contributed by atoms with Gasteiger partial charge in [-0.3, -0.25) is 9.59 Å². The average molecular weight is 542 g/mol. The fraction of sp³-hybridized carbons (Fsp3) is 0.704. The normalized spacial score (nSPS) is 12.8. The van der Waals surface area contributed by atoms with Gasteiger partial charge in [-0.15, -0.1) is 0 Å². The van der Waals surface area contributed by atoms with E-state index in [9.17, 15) is 9.59 Å². The number of nitrogens with one attached hydrogen (secondary N) is 2. The van der Waals surface area contributed by atoms with Crippen LogP contribution in [-0.2, 0) is 19.1 Å². The molecule has 1 aromatic rings. The van der Waals surface area contributed by atoms with Crippen LogP contribution in [0.4, 0.5) is 0 Å². The Labute approximate surface area is 226 Å². The zero-order valence-corrected chi connectivity index (χ0v) is 24.4. The van der Waals surface area contributed by atoms with E-state index in [2.05, 4.69) is 22.8 Å². The molecule has 206 valence electrons. The van der Waals surface area contributed by atoms with Gasteiger partial charge in [-0.25, -0.2) is 0 Å². The molecule has 36 heavy (non-hydrogen) atoms. The number of hydrogen-bond donors (Lipinski definition) is 3.